The maximum Gasteiger partial charge on any atom is 0.0798 e. The number of nitrogens with zero attached hydrogens (tertiary/aromatic N) is 2. The number of thiophene rings is 1. The third-order valence-electron chi connectivity index (χ3n) is 11.3. The Bertz CT molecular complexity index is 2920. The van der Waals surface area contributed by atoms with Crippen LogP contribution in [0.4, 0.5) is 0 Å². The van der Waals surface area contributed by atoms with E-state index in [0.717, 1.165) is 28.9 Å². The van der Waals surface area contributed by atoms with Gasteiger partial charge in [0, 0.05) is 37.2 Å². The standard InChI is InChI=1S/C33H26NS.C24H28NSi.Ir/c1-33(2,3)25-17-15-23(16-18-25)26-11-7-12-27-28-13-8-14-29(32(28)35-31(26)27)30-21-24(19-20-34-30)22-9-5-4-6-10-22;1-18(2)14-22-16-23(25-17-24(22)26(3,4)5)21-13-9-12-20(15-21)19-10-7-6-8-11-19;/h4-13,15-21H,1-3H3;6-12,15-18H,14H2,1-5H3;/q2*-1;. The van der Waals surface area contributed by atoms with Crippen LogP contribution in [-0.2, 0) is 31.9 Å². The second-order valence-corrected chi connectivity index (χ2v) is 24.5. The fraction of sp³-hybridized carbons (Fsp3) is 0.193. The summed E-state index contributed by atoms with van der Waals surface area (Å²) in [5, 5.41) is 4.03. The van der Waals surface area contributed by atoms with Gasteiger partial charge in [-0.2, -0.15) is 11.3 Å². The van der Waals surface area contributed by atoms with Gasteiger partial charge in [0.1, 0.15) is 0 Å². The molecule has 5 heteroatoms. The van der Waals surface area contributed by atoms with Crippen LogP contribution in [0, 0.1) is 18.1 Å². The summed E-state index contributed by atoms with van der Waals surface area (Å²) in [6, 6.07) is 60.6. The van der Waals surface area contributed by atoms with E-state index < -0.39 is 8.07 Å². The molecule has 1 radical (unpaired) electrons. The quantitative estimate of drug-likeness (QED) is 0.112. The summed E-state index contributed by atoms with van der Waals surface area (Å²) in [5.41, 5.74) is 14.4. The van der Waals surface area contributed by atoms with E-state index in [9.17, 15) is 0 Å². The maximum atomic E-state index is 4.82. The van der Waals surface area contributed by atoms with Gasteiger partial charge in [0.2, 0.25) is 0 Å². The number of hydrogen-bond acceptors (Lipinski definition) is 3. The third kappa shape index (κ3) is 9.99. The van der Waals surface area contributed by atoms with Crippen molar-refractivity contribution < 1.29 is 20.1 Å². The zero-order valence-corrected chi connectivity index (χ0v) is 41.2. The Balaban J connectivity index is 0.000000192. The van der Waals surface area contributed by atoms with Crippen LogP contribution in [0.25, 0.3) is 76.1 Å². The molecule has 0 bridgehead atoms. The first kappa shape index (κ1) is 44.8. The molecule has 2 nitrogen and oxygen atoms in total. The average Bonchev–Trinajstić information content (AvgIpc) is 3.66. The molecule has 0 aliphatic heterocycles. The molecule has 3 aromatic heterocycles. The van der Waals surface area contributed by atoms with Gasteiger partial charge in [-0.1, -0.05) is 180 Å². The topological polar surface area (TPSA) is 25.8 Å². The Hall–Kier alpha value is -5.29. The predicted octanol–water partition coefficient (Wildman–Crippen LogP) is 15.5. The number of hydrogen-bond donors (Lipinski definition) is 0. The van der Waals surface area contributed by atoms with Crippen LogP contribution < -0.4 is 5.19 Å². The molecule has 0 atom stereocenters. The summed E-state index contributed by atoms with van der Waals surface area (Å²) in [6.07, 6.45) is 5.13. The summed E-state index contributed by atoms with van der Waals surface area (Å²) in [7, 11) is -1.40. The van der Waals surface area contributed by atoms with Gasteiger partial charge in [-0.25, -0.2) is 0 Å². The van der Waals surface area contributed by atoms with Crippen molar-refractivity contribution in [1.82, 2.24) is 9.97 Å². The molecule has 0 saturated carbocycles. The molecule has 9 rings (SSSR count). The molecule has 313 valence electrons. The van der Waals surface area contributed by atoms with Crippen LogP contribution in [0.1, 0.15) is 45.7 Å². The number of pyridine rings is 2. The molecule has 0 aliphatic rings. The third-order valence-corrected chi connectivity index (χ3v) is 14.6. The van der Waals surface area contributed by atoms with Gasteiger partial charge in [0.05, 0.1) is 8.07 Å². The Morgan fingerprint density at radius 3 is 1.89 bits per heavy atom. The molecule has 0 fully saturated rings. The predicted molar refractivity (Wildman–Crippen MR) is 266 cm³/mol. The molecule has 9 aromatic rings. The van der Waals surface area contributed by atoms with Crippen LogP contribution in [-0.4, -0.2) is 18.0 Å². The molecule has 6 aromatic carbocycles. The first-order valence-corrected chi connectivity index (χ1v) is 25.7. The summed E-state index contributed by atoms with van der Waals surface area (Å²) < 4.78 is 2.55. The van der Waals surface area contributed by atoms with E-state index in [4.69, 9.17) is 9.97 Å². The zero-order chi connectivity index (χ0) is 42.7. The average molecular weight is 1020 g/mol. The second-order valence-electron chi connectivity index (χ2n) is 18.4. The molecule has 0 spiro atoms. The van der Waals surface area contributed by atoms with E-state index in [1.807, 2.05) is 41.8 Å². The first-order chi connectivity index (χ1) is 29.3. The van der Waals surface area contributed by atoms with E-state index in [-0.39, 0.29) is 25.5 Å². The second kappa shape index (κ2) is 19.0. The van der Waals surface area contributed by atoms with Crippen LogP contribution in [0.15, 0.2) is 164 Å². The number of benzene rings is 6. The van der Waals surface area contributed by atoms with Gasteiger partial charge in [0.15, 0.2) is 0 Å². The van der Waals surface area contributed by atoms with E-state index in [1.54, 1.807) is 0 Å². The summed E-state index contributed by atoms with van der Waals surface area (Å²) in [5.74, 6) is 0.639. The van der Waals surface area contributed by atoms with E-state index >= 15 is 0 Å². The Labute approximate surface area is 387 Å². The van der Waals surface area contributed by atoms with Crippen LogP contribution in [0.3, 0.4) is 0 Å². The zero-order valence-electron chi connectivity index (χ0n) is 37.0. The van der Waals surface area contributed by atoms with E-state index in [1.165, 1.54) is 69.9 Å². The molecule has 0 N–H and O–H groups in total. The Morgan fingerprint density at radius 2 is 1.24 bits per heavy atom. The SMILES string of the molecule is CC(C)(C)c1ccc(-c2cccc3c2sc2c(-c4cc(-c5ccccc5)ccn4)[c-]ccc23)cc1.CC(C)Cc1cc(-c2[c-]ccc(-c3ccccc3)c2)ncc1[Si](C)(C)C.[Ir]. The maximum absolute atomic E-state index is 4.82. The largest absolute Gasteiger partial charge is 0.305 e. The van der Waals surface area contributed by atoms with Gasteiger partial charge >= 0.3 is 0 Å². The van der Waals surface area contributed by atoms with Crippen molar-refractivity contribution in [3.63, 3.8) is 0 Å². The van der Waals surface area contributed by atoms with Gasteiger partial charge in [-0.3, -0.25) is 0 Å². The minimum absolute atomic E-state index is 0. The number of aromatic nitrogens is 2. The van der Waals surface area contributed by atoms with Crippen molar-refractivity contribution in [1.29, 1.82) is 0 Å². The van der Waals surface area contributed by atoms with Crippen molar-refractivity contribution in [2.75, 3.05) is 0 Å². The van der Waals surface area contributed by atoms with E-state index in [0.29, 0.717) is 5.92 Å². The van der Waals surface area contributed by atoms with Crippen LogP contribution in [0.2, 0.25) is 19.6 Å². The molecule has 62 heavy (non-hydrogen) atoms. The van der Waals surface area contributed by atoms with Crippen molar-refractivity contribution in [3.05, 3.63) is 187 Å². The van der Waals surface area contributed by atoms with Crippen molar-refractivity contribution in [3.8, 4) is 55.9 Å². The fourth-order valence-corrected chi connectivity index (χ4v) is 11.0. The van der Waals surface area contributed by atoms with Crippen LogP contribution >= 0.6 is 11.3 Å². The van der Waals surface area contributed by atoms with Crippen molar-refractivity contribution in [2.45, 2.75) is 66.1 Å². The molecular weight excluding hydrogens is 965 g/mol. The summed E-state index contributed by atoms with van der Waals surface area (Å²) in [4.78, 5) is 9.57. The molecule has 0 aliphatic carbocycles. The molecule has 3 heterocycles. The summed E-state index contributed by atoms with van der Waals surface area (Å²) >= 11 is 1.84. The normalized spacial score (nSPS) is 11.6. The Kier molecular flexibility index (Phi) is 13.7. The van der Waals surface area contributed by atoms with Gasteiger partial charge in [0.25, 0.3) is 0 Å². The Morgan fingerprint density at radius 1 is 0.597 bits per heavy atom. The van der Waals surface area contributed by atoms with E-state index in [2.05, 4.69) is 200 Å². The van der Waals surface area contributed by atoms with Gasteiger partial charge in [-0.05, 0) is 83.9 Å². The van der Waals surface area contributed by atoms with Gasteiger partial charge < -0.3 is 9.97 Å². The van der Waals surface area contributed by atoms with Crippen molar-refractivity contribution >= 4 is 44.8 Å². The summed E-state index contributed by atoms with van der Waals surface area (Å²) in [6.45, 7) is 18.5. The molecule has 0 saturated heterocycles. The van der Waals surface area contributed by atoms with Crippen molar-refractivity contribution in [2.24, 2.45) is 5.92 Å². The smallest absolute Gasteiger partial charge is 0.0798 e. The molecule has 0 unspecified atom stereocenters. The van der Waals surface area contributed by atoms with Gasteiger partial charge in [-0.15, -0.1) is 59.2 Å². The molecule has 0 amide bonds. The first-order valence-electron chi connectivity index (χ1n) is 21.4. The minimum Gasteiger partial charge on any atom is -0.305 e. The van der Waals surface area contributed by atoms with Crippen LogP contribution in [0.5, 0.6) is 0 Å². The monoisotopic (exact) mass is 1020 g/mol. The number of fused-ring (bicyclic) bond motifs is 3. The fourth-order valence-electron chi connectivity index (χ4n) is 8.06. The number of rotatable bonds is 8. The minimum atomic E-state index is -1.40. The molecular formula is C57H54IrN2SSi-2.